The molecule has 2 saturated heterocycles. The van der Waals surface area contributed by atoms with E-state index in [1.54, 1.807) is 0 Å². The van der Waals surface area contributed by atoms with Gasteiger partial charge in [-0.25, -0.2) is 4.79 Å². The van der Waals surface area contributed by atoms with Crippen molar-refractivity contribution in [2.45, 2.75) is 51.5 Å². The Bertz CT molecular complexity index is 289. The van der Waals surface area contributed by atoms with Crippen molar-refractivity contribution in [3.8, 4) is 0 Å². The standard InChI is InChI=1S/C15H29N3O/c1-3-17(2)15(19)18-12-6-4-5-7-14(18)13-8-10-16-11-9-13/h13-14,16H,3-12H2,1-2H3. The van der Waals surface area contributed by atoms with Gasteiger partial charge < -0.3 is 15.1 Å². The Morgan fingerprint density at radius 1 is 1.21 bits per heavy atom. The first-order valence-corrected chi connectivity index (χ1v) is 7.96. The highest BCUT2D eigenvalue weighted by molar-refractivity contribution is 5.74. The zero-order chi connectivity index (χ0) is 13.7. The van der Waals surface area contributed by atoms with E-state index < -0.39 is 0 Å². The number of carbonyl (C=O) groups excluding carboxylic acids is 1. The Morgan fingerprint density at radius 3 is 2.63 bits per heavy atom. The smallest absolute Gasteiger partial charge is 0.319 e. The van der Waals surface area contributed by atoms with Crippen LogP contribution < -0.4 is 5.32 Å². The van der Waals surface area contributed by atoms with E-state index in [1.165, 1.54) is 38.5 Å². The number of urea groups is 1. The molecule has 0 aromatic heterocycles. The molecule has 4 heteroatoms. The number of nitrogens with one attached hydrogen (secondary N) is 1. The lowest BCUT2D eigenvalue weighted by atomic mass is 9.87. The molecule has 4 nitrogen and oxygen atoms in total. The summed E-state index contributed by atoms with van der Waals surface area (Å²) in [6.45, 7) is 6.04. The highest BCUT2D eigenvalue weighted by Crippen LogP contribution is 2.28. The van der Waals surface area contributed by atoms with Gasteiger partial charge in [-0.1, -0.05) is 12.8 Å². The molecule has 0 aliphatic carbocycles. The third-order valence-electron chi connectivity index (χ3n) is 4.77. The minimum Gasteiger partial charge on any atom is -0.328 e. The Hall–Kier alpha value is -0.770. The average molecular weight is 267 g/mol. The molecular formula is C15H29N3O. The first kappa shape index (κ1) is 14.6. The summed E-state index contributed by atoms with van der Waals surface area (Å²) >= 11 is 0. The molecule has 1 atom stereocenters. The van der Waals surface area contributed by atoms with Gasteiger partial charge in [0.25, 0.3) is 0 Å². The summed E-state index contributed by atoms with van der Waals surface area (Å²) in [5, 5.41) is 3.43. The number of likely N-dealkylation sites (tertiary alicyclic amines) is 1. The second-order valence-corrected chi connectivity index (χ2v) is 5.99. The Balaban J connectivity index is 2.07. The van der Waals surface area contributed by atoms with Crippen LogP contribution in [0.3, 0.4) is 0 Å². The monoisotopic (exact) mass is 267 g/mol. The molecule has 0 aromatic carbocycles. The minimum absolute atomic E-state index is 0.243. The molecule has 2 fully saturated rings. The summed E-state index contributed by atoms with van der Waals surface area (Å²) in [5.74, 6) is 0.702. The minimum atomic E-state index is 0.243. The van der Waals surface area contributed by atoms with E-state index >= 15 is 0 Å². The van der Waals surface area contributed by atoms with Gasteiger partial charge in [0.05, 0.1) is 0 Å². The zero-order valence-corrected chi connectivity index (χ0v) is 12.5. The fraction of sp³-hybridized carbons (Fsp3) is 0.933. The third kappa shape index (κ3) is 3.62. The summed E-state index contributed by atoms with van der Waals surface area (Å²) in [6, 6.07) is 0.721. The number of hydrogen-bond acceptors (Lipinski definition) is 2. The summed E-state index contributed by atoms with van der Waals surface area (Å²) in [4.78, 5) is 16.6. The maximum Gasteiger partial charge on any atom is 0.319 e. The quantitative estimate of drug-likeness (QED) is 0.833. The van der Waals surface area contributed by atoms with Gasteiger partial charge in [-0.15, -0.1) is 0 Å². The van der Waals surface area contributed by atoms with Crippen molar-refractivity contribution in [3.63, 3.8) is 0 Å². The van der Waals surface area contributed by atoms with Crippen LogP contribution in [0.4, 0.5) is 4.79 Å². The topological polar surface area (TPSA) is 35.6 Å². The molecule has 110 valence electrons. The predicted molar refractivity (Wildman–Crippen MR) is 78.3 cm³/mol. The van der Waals surface area contributed by atoms with Crippen LogP contribution in [-0.2, 0) is 0 Å². The summed E-state index contributed by atoms with van der Waals surface area (Å²) in [7, 11) is 1.92. The lowest BCUT2D eigenvalue weighted by molar-refractivity contribution is 0.111. The van der Waals surface area contributed by atoms with Crippen molar-refractivity contribution in [2.75, 3.05) is 33.2 Å². The third-order valence-corrected chi connectivity index (χ3v) is 4.77. The summed E-state index contributed by atoms with van der Waals surface area (Å²) in [6.07, 6.45) is 7.39. The Kier molecular flexibility index (Phi) is 5.49. The number of hydrogen-bond donors (Lipinski definition) is 1. The number of carbonyl (C=O) groups is 1. The van der Waals surface area contributed by atoms with E-state index in [0.717, 1.165) is 26.2 Å². The van der Waals surface area contributed by atoms with Crippen molar-refractivity contribution in [2.24, 2.45) is 5.92 Å². The Morgan fingerprint density at radius 2 is 1.95 bits per heavy atom. The van der Waals surface area contributed by atoms with Crippen LogP contribution in [-0.4, -0.2) is 55.1 Å². The normalized spacial score (nSPS) is 26.0. The summed E-state index contributed by atoms with van der Waals surface area (Å²) in [5.41, 5.74) is 0. The molecule has 19 heavy (non-hydrogen) atoms. The molecule has 2 amide bonds. The van der Waals surface area contributed by atoms with Gasteiger partial charge in [-0.05, 0) is 51.6 Å². The molecule has 2 rings (SSSR count). The molecule has 0 aromatic rings. The zero-order valence-electron chi connectivity index (χ0n) is 12.5. The number of rotatable bonds is 2. The molecule has 2 aliphatic rings. The van der Waals surface area contributed by atoms with E-state index in [-0.39, 0.29) is 6.03 Å². The molecule has 0 saturated carbocycles. The van der Waals surface area contributed by atoms with Gasteiger partial charge in [-0.3, -0.25) is 0 Å². The Labute approximate surface area is 117 Å². The van der Waals surface area contributed by atoms with E-state index in [9.17, 15) is 4.79 Å². The van der Waals surface area contributed by atoms with Crippen molar-refractivity contribution < 1.29 is 4.79 Å². The average Bonchev–Trinajstić information content (AvgIpc) is 2.72. The molecule has 1 unspecified atom stereocenters. The van der Waals surface area contributed by atoms with E-state index in [2.05, 4.69) is 17.1 Å². The van der Waals surface area contributed by atoms with Gasteiger partial charge >= 0.3 is 6.03 Å². The maximum atomic E-state index is 12.6. The van der Waals surface area contributed by atoms with E-state index in [1.807, 2.05) is 11.9 Å². The van der Waals surface area contributed by atoms with Crippen LogP contribution in [0.2, 0.25) is 0 Å². The molecule has 1 N–H and O–H groups in total. The lowest BCUT2D eigenvalue weighted by Gasteiger charge is -2.39. The molecular weight excluding hydrogens is 238 g/mol. The van der Waals surface area contributed by atoms with Crippen LogP contribution in [0, 0.1) is 5.92 Å². The van der Waals surface area contributed by atoms with Crippen LogP contribution in [0.5, 0.6) is 0 Å². The van der Waals surface area contributed by atoms with Gasteiger partial charge in [-0.2, -0.15) is 0 Å². The van der Waals surface area contributed by atoms with Gasteiger partial charge in [0.15, 0.2) is 0 Å². The van der Waals surface area contributed by atoms with Crippen molar-refractivity contribution >= 4 is 6.03 Å². The highest BCUT2D eigenvalue weighted by atomic mass is 16.2. The van der Waals surface area contributed by atoms with Crippen LogP contribution in [0.1, 0.15) is 45.4 Å². The van der Waals surface area contributed by atoms with Crippen LogP contribution >= 0.6 is 0 Å². The van der Waals surface area contributed by atoms with Crippen molar-refractivity contribution in [1.82, 2.24) is 15.1 Å². The van der Waals surface area contributed by atoms with Gasteiger partial charge in [0.1, 0.15) is 0 Å². The molecule has 2 heterocycles. The fourth-order valence-electron chi connectivity index (χ4n) is 3.45. The number of amides is 2. The first-order valence-electron chi connectivity index (χ1n) is 7.96. The second kappa shape index (κ2) is 7.13. The highest BCUT2D eigenvalue weighted by Gasteiger charge is 2.33. The molecule has 0 bridgehead atoms. The molecule has 0 spiro atoms. The fourth-order valence-corrected chi connectivity index (χ4v) is 3.45. The second-order valence-electron chi connectivity index (χ2n) is 5.99. The van der Waals surface area contributed by atoms with Crippen molar-refractivity contribution in [1.29, 1.82) is 0 Å². The van der Waals surface area contributed by atoms with Crippen LogP contribution in [0.15, 0.2) is 0 Å². The number of piperidine rings is 1. The van der Waals surface area contributed by atoms with E-state index in [4.69, 9.17) is 0 Å². The largest absolute Gasteiger partial charge is 0.328 e. The lowest BCUT2D eigenvalue weighted by Crippen LogP contribution is -2.51. The molecule has 0 radical (unpaired) electrons. The SMILES string of the molecule is CCN(C)C(=O)N1CCCCCC1C1CCNCC1. The maximum absolute atomic E-state index is 12.6. The van der Waals surface area contributed by atoms with Crippen LogP contribution in [0.25, 0.3) is 0 Å². The first-order chi connectivity index (χ1) is 9.24. The van der Waals surface area contributed by atoms with Crippen molar-refractivity contribution in [3.05, 3.63) is 0 Å². The van der Waals surface area contributed by atoms with Gasteiger partial charge in [0, 0.05) is 26.2 Å². The van der Waals surface area contributed by atoms with Gasteiger partial charge in [0.2, 0.25) is 0 Å². The van der Waals surface area contributed by atoms with E-state index in [0.29, 0.717) is 12.0 Å². The molecule has 2 aliphatic heterocycles. The summed E-state index contributed by atoms with van der Waals surface area (Å²) < 4.78 is 0. The number of nitrogens with zero attached hydrogens (tertiary/aromatic N) is 2. The predicted octanol–water partition coefficient (Wildman–Crippen LogP) is 2.30.